The second kappa shape index (κ2) is 11.1. The lowest BCUT2D eigenvalue weighted by Crippen LogP contribution is -2.46. The van der Waals surface area contributed by atoms with Gasteiger partial charge in [0, 0.05) is 0 Å². The van der Waals surface area contributed by atoms with E-state index in [9.17, 15) is 25.2 Å². The molecule has 31 heavy (non-hydrogen) atoms. The maximum absolute atomic E-state index is 12.3. The third-order valence-corrected chi connectivity index (χ3v) is 4.14. The molecule has 2 aromatic rings. The van der Waals surface area contributed by atoms with E-state index in [0.717, 1.165) is 11.8 Å². The number of hydrogen-bond acceptors (Lipinski definition) is 12. The first kappa shape index (κ1) is 23.9. The summed E-state index contributed by atoms with van der Waals surface area (Å²) < 4.78 is 5.71. The molecule has 8 N–H and O–H groups in total. The number of nitrogens with one attached hydrogen (secondary N) is 1. The van der Waals surface area contributed by atoms with Gasteiger partial charge < -0.3 is 36.1 Å². The number of aliphatic hydroxyl groups is 5. The lowest BCUT2D eigenvalue weighted by Gasteiger charge is -2.23. The topological polar surface area (TPSA) is 209 Å². The Morgan fingerprint density at radius 2 is 1.84 bits per heavy atom. The fraction of sp³-hybridized carbons (Fsp3) is 0.333. The Hall–Kier alpha value is -3.36. The van der Waals surface area contributed by atoms with Crippen LogP contribution in [0, 0.1) is 0 Å². The molecule has 0 bridgehead atoms. The first-order valence-corrected chi connectivity index (χ1v) is 8.97. The van der Waals surface area contributed by atoms with Crippen LogP contribution < -0.4 is 21.6 Å². The fourth-order valence-corrected chi connectivity index (χ4v) is 2.28. The molecule has 13 nitrogen and oxygen atoms in total. The molecule has 0 amide bonds. The molecule has 4 atom stereocenters. The monoisotopic (exact) mass is 436 g/mol. The van der Waals surface area contributed by atoms with Gasteiger partial charge in [0.05, 0.1) is 19.9 Å². The average Bonchev–Trinajstić information content (AvgIpc) is 2.79. The Morgan fingerprint density at radius 3 is 2.45 bits per heavy atom. The molecule has 168 valence electrons. The van der Waals surface area contributed by atoms with Gasteiger partial charge in [-0.3, -0.25) is 4.79 Å². The maximum atomic E-state index is 12.3. The summed E-state index contributed by atoms with van der Waals surface area (Å²) in [5, 5.41) is 58.0. The van der Waals surface area contributed by atoms with Gasteiger partial charge in [-0.15, -0.1) is 10.2 Å². The zero-order chi connectivity index (χ0) is 23.0. The van der Waals surface area contributed by atoms with Crippen molar-refractivity contribution in [2.24, 2.45) is 5.10 Å². The lowest BCUT2D eigenvalue weighted by molar-refractivity contribution is -0.0999. The van der Waals surface area contributed by atoms with Crippen LogP contribution in [0.3, 0.4) is 0 Å². The molecule has 1 heterocycles. The van der Waals surface area contributed by atoms with Crippen molar-refractivity contribution in [1.29, 1.82) is 0 Å². The van der Waals surface area contributed by atoms with Gasteiger partial charge in [0.2, 0.25) is 0 Å². The van der Waals surface area contributed by atoms with E-state index in [-0.39, 0.29) is 11.6 Å². The van der Waals surface area contributed by atoms with Crippen molar-refractivity contribution in [2.45, 2.75) is 24.4 Å². The summed E-state index contributed by atoms with van der Waals surface area (Å²) in [6.45, 7) is -0.811. The van der Waals surface area contributed by atoms with Crippen molar-refractivity contribution in [3.05, 3.63) is 45.9 Å². The summed E-state index contributed by atoms with van der Waals surface area (Å²) in [4.78, 5) is 12.3. The van der Waals surface area contributed by atoms with Crippen LogP contribution in [0.4, 0.5) is 5.95 Å². The highest BCUT2D eigenvalue weighted by Gasteiger charge is 2.29. The fourth-order valence-electron chi connectivity index (χ4n) is 2.28. The summed E-state index contributed by atoms with van der Waals surface area (Å²) >= 11 is 0. The molecule has 0 fully saturated rings. The minimum Gasteiger partial charge on any atom is -0.497 e. The Bertz CT molecular complexity index is 963. The number of hydrazone groups is 1. The summed E-state index contributed by atoms with van der Waals surface area (Å²) in [5.41, 5.74) is 2.34. The molecular weight excluding hydrogens is 412 g/mol. The number of methoxy groups -OCH3 is 1. The van der Waals surface area contributed by atoms with Crippen LogP contribution in [0.2, 0.25) is 0 Å². The third kappa shape index (κ3) is 6.31. The quantitative estimate of drug-likeness (QED) is 0.116. The average molecular weight is 436 g/mol. The van der Waals surface area contributed by atoms with E-state index in [2.05, 4.69) is 20.7 Å². The number of nitrogen functional groups attached to an aromatic ring is 1. The van der Waals surface area contributed by atoms with Gasteiger partial charge in [0.15, 0.2) is 5.69 Å². The second-order valence-electron chi connectivity index (χ2n) is 6.30. The molecule has 0 aliphatic rings. The van der Waals surface area contributed by atoms with Crippen molar-refractivity contribution < 1.29 is 30.3 Å². The Labute approximate surface area is 176 Å². The number of nitrogens with two attached hydrogens (primary N) is 1. The van der Waals surface area contributed by atoms with Crippen LogP contribution in [0.5, 0.6) is 5.75 Å². The SMILES string of the molecule is COc1ccc(/C=C/c2nnc(N/N=C/[C@H](O)[C@@H](O)[C@H](O)[C@H](O)CO)n(N)c2=O)cc1. The first-order valence-electron chi connectivity index (χ1n) is 8.97. The summed E-state index contributed by atoms with van der Waals surface area (Å²) in [6, 6.07) is 7.08. The Kier molecular flexibility index (Phi) is 8.60. The van der Waals surface area contributed by atoms with Gasteiger partial charge in [0.1, 0.15) is 30.2 Å². The van der Waals surface area contributed by atoms with Crippen LogP contribution in [-0.4, -0.2) is 84.8 Å². The number of nitrogens with zero attached hydrogens (tertiary/aromatic N) is 4. The number of hydrogen-bond donors (Lipinski definition) is 7. The first-order chi connectivity index (χ1) is 14.8. The molecule has 0 spiro atoms. The van der Waals surface area contributed by atoms with Crippen LogP contribution >= 0.6 is 0 Å². The summed E-state index contributed by atoms with van der Waals surface area (Å²) in [7, 11) is 1.55. The van der Waals surface area contributed by atoms with Crippen LogP contribution in [-0.2, 0) is 0 Å². The van der Waals surface area contributed by atoms with Crippen LogP contribution in [0.1, 0.15) is 11.3 Å². The van der Waals surface area contributed by atoms with Gasteiger partial charge in [-0.25, -0.2) is 5.43 Å². The number of anilines is 1. The molecule has 0 aliphatic carbocycles. The second-order valence-corrected chi connectivity index (χ2v) is 6.30. The van der Waals surface area contributed by atoms with Crippen molar-refractivity contribution >= 4 is 24.3 Å². The summed E-state index contributed by atoms with van der Waals surface area (Å²) in [6.07, 6.45) is -3.14. The predicted molar refractivity (Wildman–Crippen MR) is 112 cm³/mol. The smallest absolute Gasteiger partial charge is 0.299 e. The molecule has 1 aromatic carbocycles. The number of rotatable bonds is 10. The highest BCUT2D eigenvalue weighted by Crippen LogP contribution is 2.13. The van der Waals surface area contributed by atoms with Crippen LogP contribution in [0.15, 0.2) is 34.2 Å². The zero-order valence-electron chi connectivity index (χ0n) is 16.5. The molecule has 0 unspecified atom stereocenters. The minimum absolute atomic E-state index is 0.0376. The third-order valence-electron chi connectivity index (χ3n) is 4.14. The molecule has 0 saturated carbocycles. The standard InChI is InChI=1S/C18H24N6O7/c1-31-11-5-2-10(3-6-11)4-7-12-17(30)24(19)18(23-21-12)22-20-8-13(26)15(28)16(29)14(27)9-25/h2-8,13-16,25-29H,9,19H2,1H3,(H,22,23)/b7-4+,20-8+/t13-,14+,15+,16+/m0/s1. The van der Waals surface area contributed by atoms with Gasteiger partial charge in [-0.05, 0) is 23.8 Å². The van der Waals surface area contributed by atoms with E-state index in [1.807, 2.05) is 0 Å². The van der Waals surface area contributed by atoms with E-state index in [4.69, 9.17) is 15.7 Å². The predicted octanol–water partition coefficient (Wildman–Crippen LogP) is -2.64. The molecule has 0 aliphatic heterocycles. The molecular formula is C18H24N6O7. The molecule has 2 rings (SSSR count). The van der Waals surface area contributed by atoms with E-state index in [0.29, 0.717) is 10.4 Å². The van der Waals surface area contributed by atoms with Crippen molar-refractivity contribution in [3.8, 4) is 5.75 Å². The normalized spacial score (nSPS) is 15.7. The van der Waals surface area contributed by atoms with Crippen molar-refractivity contribution in [2.75, 3.05) is 25.0 Å². The van der Waals surface area contributed by atoms with Crippen LogP contribution in [0.25, 0.3) is 12.2 Å². The van der Waals surface area contributed by atoms with E-state index in [1.54, 1.807) is 37.5 Å². The number of ether oxygens (including phenoxy) is 1. The van der Waals surface area contributed by atoms with Gasteiger partial charge in [-0.1, -0.05) is 18.2 Å². The van der Waals surface area contributed by atoms with Crippen molar-refractivity contribution in [1.82, 2.24) is 14.9 Å². The molecule has 0 saturated heterocycles. The lowest BCUT2D eigenvalue weighted by atomic mass is 10.0. The van der Waals surface area contributed by atoms with E-state index < -0.39 is 36.6 Å². The maximum Gasteiger partial charge on any atom is 0.299 e. The zero-order valence-corrected chi connectivity index (χ0v) is 16.5. The van der Waals surface area contributed by atoms with Gasteiger partial charge in [0.25, 0.3) is 11.5 Å². The number of aliphatic hydroxyl groups excluding tert-OH is 5. The highest BCUT2D eigenvalue weighted by atomic mass is 16.5. The van der Waals surface area contributed by atoms with Gasteiger partial charge >= 0.3 is 0 Å². The Balaban J connectivity index is 2.05. The summed E-state index contributed by atoms with van der Waals surface area (Å²) in [5.74, 6) is 6.10. The van der Waals surface area contributed by atoms with E-state index >= 15 is 0 Å². The number of benzene rings is 1. The molecule has 0 radical (unpaired) electrons. The highest BCUT2D eigenvalue weighted by molar-refractivity contribution is 5.68. The van der Waals surface area contributed by atoms with E-state index in [1.165, 1.54) is 6.08 Å². The minimum atomic E-state index is -1.83. The van der Waals surface area contributed by atoms with Gasteiger partial charge in [-0.2, -0.15) is 9.78 Å². The Morgan fingerprint density at radius 1 is 1.16 bits per heavy atom. The number of aromatic nitrogens is 3. The largest absolute Gasteiger partial charge is 0.497 e. The molecule has 13 heteroatoms. The van der Waals surface area contributed by atoms with Crippen molar-refractivity contribution in [3.63, 3.8) is 0 Å². The molecule has 1 aromatic heterocycles.